The Bertz CT molecular complexity index is 1270. The molecule has 4 rings (SSSR count). The van der Waals surface area contributed by atoms with Crippen molar-refractivity contribution in [3.8, 4) is 11.3 Å². The summed E-state index contributed by atoms with van der Waals surface area (Å²) >= 11 is 11.5. The van der Waals surface area contributed by atoms with Gasteiger partial charge in [0.2, 0.25) is 0 Å². The van der Waals surface area contributed by atoms with Crippen LogP contribution in [0.5, 0.6) is 0 Å². The number of benzene rings is 2. The van der Waals surface area contributed by atoms with E-state index in [4.69, 9.17) is 33.0 Å². The fraction of sp³-hybridized carbons (Fsp3) is 0.217. The third-order valence-electron chi connectivity index (χ3n) is 5.32. The van der Waals surface area contributed by atoms with Crippen molar-refractivity contribution < 1.29 is 24.0 Å². The van der Waals surface area contributed by atoms with Gasteiger partial charge in [0, 0.05) is 36.0 Å². The lowest BCUT2D eigenvalue weighted by atomic mass is 10.1. The van der Waals surface area contributed by atoms with Crippen LogP contribution in [0.4, 0.5) is 17.1 Å². The van der Waals surface area contributed by atoms with Gasteiger partial charge in [-0.05, 0) is 54.7 Å². The van der Waals surface area contributed by atoms with Gasteiger partial charge in [-0.1, -0.05) is 11.6 Å². The molecule has 10 nitrogen and oxygen atoms in total. The predicted octanol–water partition coefficient (Wildman–Crippen LogP) is 3.96. The molecule has 2 aromatic carbocycles. The molecule has 0 radical (unpaired) electrons. The Labute approximate surface area is 210 Å². The molecule has 1 aromatic heterocycles. The van der Waals surface area contributed by atoms with E-state index in [2.05, 4.69) is 10.6 Å². The van der Waals surface area contributed by atoms with E-state index in [-0.39, 0.29) is 23.0 Å². The Hall–Kier alpha value is -3.51. The third-order valence-corrected chi connectivity index (χ3v) is 5.85. The number of furan rings is 1. The predicted molar refractivity (Wildman–Crippen MR) is 135 cm³/mol. The van der Waals surface area contributed by atoms with Gasteiger partial charge < -0.3 is 24.5 Å². The Kier molecular flexibility index (Phi) is 7.61. The molecule has 0 saturated carbocycles. The standard InChI is InChI=1S/C23H21ClN4O6S/c24-18-4-2-15(12-17(18)21-6-3-16(13-29)34-21)25-23(35)26-22(30)14-1-5-19(20(11-14)28(31)32)27-7-9-33-10-8-27/h1-6,11-12,29H,7-10,13H2,(H2,25,26,30,35). The minimum absolute atomic E-state index is 0.00123. The number of anilines is 2. The molecule has 0 atom stereocenters. The molecule has 35 heavy (non-hydrogen) atoms. The molecule has 1 amide bonds. The number of carbonyl (C=O) groups is 1. The number of morpholine rings is 1. The second-order valence-corrected chi connectivity index (χ2v) is 8.40. The zero-order valence-corrected chi connectivity index (χ0v) is 19.9. The van der Waals surface area contributed by atoms with Crippen molar-refractivity contribution in [2.75, 3.05) is 36.5 Å². The molecule has 0 unspecified atom stereocenters. The highest BCUT2D eigenvalue weighted by Crippen LogP contribution is 2.32. The van der Waals surface area contributed by atoms with Crippen LogP contribution in [0.1, 0.15) is 16.1 Å². The first-order valence-electron chi connectivity index (χ1n) is 10.6. The summed E-state index contributed by atoms with van der Waals surface area (Å²) in [6.45, 7) is 1.78. The number of nitro groups is 1. The molecule has 12 heteroatoms. The van der Waals surface area contributed by atoms with E-state index in [9.17, 15) is 20.0 Å². The normalized spacial score (nSPS) is 13.4. The van der Waals surface area contributed by atoms with Gasteiger partial charge in [0.15, 0.2) is 5.11 Å². The number of aliphatic hydroxyl groups is 1. The second-order valence-electron chi connectivity index (χ2n) is 7.59. The number of thiocarbonyl (C=S) groups is 1. The fourth-order valence-corrected chi connectivity index (χ4v) is 4.04. The zero-order valence-electron chi connectivity index (χ0n) is 18.3. The van der Waals surface area contributed by atoms with Gasteiger partial charge >= 0.3 is 0 Å². The summed E-state index contributed by atoms with van der Waals surface area (Å²) in [7, 11) is 0. The molecule has 1 aliphatic heterocycles. The van der Waals surface area contributed by atoms with Crippen LogP contribution in [0.25, 0.3) is 11.3 Å². The quantitative estimate of drug-likeness (QED) is 0.253. The van der Waals surface area contributed by atoms with Gasteiger partial charge in [-0.25, -0.2) is 0 Å². The number of nitrogens with zero attached hydrogens (tertiary/aromatic N) is 2. The average molecular weight is 517 g/mol. The van der Waals surface area contributed by atoms with E-state index in [1.165, 1.54) is 12.1 Å². The van der Waals surface area contributed by atoms with Gasteiger partial charge in [-0.2, -0.15) is 0 Å². The topological polar surface area (TPSA) is 130 Å². The summed E-state index contributed by atoms with van der Waals surface area (Å²) in [5, 5.41) is 26.7. The number of rotatable bonds is 6. The number of hydrogen-bond acceptors (Lipinski definition) is 8. The smallest absolute Gasteiger partial charge is 0.293 e. The number of halogens is 1. The lowest BCUT2D eigenvalue weighted by Crippen LogP contribution is -2.37. The molecule has 182 valence electrons. The highest BCUT2D eigenvalue weighted by Gasteiger charge is 2.23. The number of hydrogen-bond donors (Lipinski definition) is 3. The molecule has 0 bridgehead atoms. The van der Waals surface area contributed by atoms with Crippen LogP contribution in [-0.2, 0) is 11.3 Å². The van der Waals surface area contributed by atoms with Crippen LogP contribution in [0.3, 0.4) is 0 Å². The first-order valence-corrected chi connectivity index (χ1v) is 11.4. The minimum Gasteiger partial charge on any atom is -0.459 e. The monoisotopic (exact) mass is 516 g/mol. The van der Waals surface area contributed by atoms with Gasteiger partial charge in [0.1, 0.15) is 23.8 Å². The number of carbonyl (C=O) groups excluding carboxylic acids is 1. The molecular formula is C23H21ClN4O6S. The Morgan fingerprint density at radius 2 is 1.94 bits per heavy atom. The molecule has 1 aliphatic rings. The lowest BCUT2D eigenvalue weighted by molar-refractivity contribution is -0.384. The Morgan fingerprint density at radius 3 is 2.63 bits per heavy atom. The van der Waals surface area contributed by atoms with Gasteiger partial charge in [-0.3, -0.25) is 20.2 Å². The Morgan fingerprint density at radius 1 is 1.17 bits per heavy atom. The van der Waals surface area contributed by atoms with Crippen molar-refractivity contribution in [2.24, 2.45) is 0 Å². The molecular weight excluding hydrogens is 496 g/mol. The lowest BCUT2D eigenvalue weighted by Gasteiger charge is -2.28. The fourth-order valence-electron chi connectivity index (χ4n) is 3.62. The average Bonchev–Trinajstić information content (AvgIpc) is 3.34. The van der Waals surface area contributed by atoms with Gasteiger partial charge in [0.05, 0.1) is 23.2 Å². The van der Waals surface area contributed by atoms with E-state index in [0.29, 0.717) is 59.8 Å². The van der Waals surface area contributed by atoms with Crippen LogP contribution >= 0.6 is 23.8 Å². The van der Waals surface area contributed by atoms with Gasteiger partial charge in [0.25, 0.3) is 11.6 Å². The molecule has 3 N–H and O–H groups in total. The molecule has 0 spiro atoms. The maximum atomic E-state index is 12.7. The van der Waals surface area contributed by atoms with Crippen LogP contribution in [0.15, 0.2) is 52.9 Å². The van der Waals surface area contributed by atoms with Crippen LogP contribution in [-0.4, -0.2) is 47.4 Å². The number of amides is 1. The van der Waals surface area contributed by atoms with Crippen LogP contribution < -0.4 is 15.5 Å². The van der Waals surface area contributed by atoms with Crippen molar-refractivity contribution in [2.45, 2.75) is 6.61 Å². The third kappa shape index (κ3) is 5.77. The van der Waals surface area contributed by atoms with Crippen molar-refractivity contribution in [1.82, 2.24) is 5.32 Å². The maximum Gasteiger partial charge on any atom is 0.293 e. The van der Waals surface area contributed by atoms with Crippen LogP contribution in [0, 0.1) is 10.1 Å². The highest BCUT2D eigenvalue weighted by molar-refractivity contribution is 7.80. The van der Waals surface area contributed by atoms with Crippen molar-refractivity contribution in [3.63, 3.8) is 0 Å². The molecule has 1 fully saturated rings. The van der Waals surface area contributed by atoms with Crippen LogP contribution in [0.2, 0.25) is 5.02 Å². The summed E-state index contributed by atoms with van der Waals surface area (Å²) in [6.07, 6.45) is 0. The largest absolute Gasteiger partial charge is 0.459 e. The summed E-state index contributed by atoms with van der Waals surface area (Å²) in [5.74, 6) is 0.267. The van der Waals surface area contributed by atoms with Gasteiger partial charge in [-0.15, -0.1) is 0 Å². The number of aliphatic hydroxyl groups excluding tert-OH is 1. The first kappa shape index (κ1) is 24.6. The first-order chi connectivity index (χ1) is 16.9. The number of nitro benzene ring substituents is 1. The SMILES string of the molecule is O=C(NC(=S)Nc1ccc(Cl)c(-c2ccc(CO)o2)c1)c1ccc(N2CCOCC2)c([N+](=O)[O-])c1. The molecule has 1 saturated heterocycles. The summed E-state index contributed by atoms with van der Waals surface area (Å²) in [6, 6.07) is 12.6. The molecule has 3 aromatic rings. The summed E-state index contributed by atoms with van der Waals surface area (Å²) in [4.78, 5) is 25.7. The minimum atomic E-state index is -0.591. The summed E-state index contributed by atoms with van der Waals surface area (Å²) < 4.78 is 10.8. The van der Waals surface area contributed by atoms with Crippen molar-refractivity contribution >= 4 is 51.9 Å². The zero-order chi connectivity index (χ0) is 24.9. The van der Waals surface area contributed by atoms with E-state index in [0.717, 1.165) is 0 Å². The van der Waals surface area contributed by atoms with E-state index in [1.54, 1.807) is 36.4 Å². The summed E-state index contributed by atoms with van der Waals surface area (Å²) in [5.41, 5.74) is 1.47. The highest BCUT2D eigenvalue weighted by atomic mass is 35.5. The van der Waals surface area contributed by atoms with E-state index < -0.39 is 10.8 Å². The Balaban J connectivity index is 1.47. The molecule has 2 heterocycles. The van der Waals surface area contributed by atoms with E-state index in [1.807, 2.05) is 4.90 Å². The molecule has 0 aliphatic carbocycles. The van der Waals surface area contributed by atoms with Crippen molar-refractivity contribution in [3.05, 3.63) is 75.0 Å². The van der Waals surface area contributed by atoms with Crippen molar-refractivity contribution in [1.29, 1.82) is 0 Å². The number of nitrogens with one attached hydrogen (secondary N) is 2. The van der Waals surface area contributed by atoms with E-state index >= 15 is 0 Å². The second kappa shape index (κ2) is 10.8. The maximum absolute atomic E-state index is 12.7. The number of ether oxygens (including phenoxy) is 1.